The number of hydrogen-bond acceptors (Lipinski definition) is 3. The lowest BCUT2D eigenvalue weighted by Crippen LogP contribution is -2.49. The van der Waals surface area contributed by atoms with E-state index in [-0.39, 0.29) is 26.7 Å². The smallest absolute Gasteiger partial charge is 0.339 e. The van der Waals surface area contributed by atoms with E-state index < -0.39 is 32.8 Å². The molecule has 32 heavy (non-hydrogen) atoms. The Hall–Kier alpha value is -1.87. The molecule has 0 saturated carbocycles. The van der Waals surface area contributed by atoms with Gasteiger partial charge in [-0.25, -0.2) is 13.2 Å². The molecule has 1 aliphatic heterocycles. The molecule has 1 rings (SSSR count). The van der Waals surface area contributed by atoms with Crippen LogP contribution in [0.4, 0.5) is 48.4 Å². The molecule has 1 fully saturated rings. The molecule has 1 saturated heterocycles. The molecular formula is C16H31F11N2O3. The van der Waals surface area contributed by atoms with Gasteiger partial charge in [0.15, 0.2) is 0 Å². The first-order chi connectivity index (χ1) is 13.5. The number of piperazine rings is 1. The van der Waals surface area contributed by atoms with E-state index in [4.69, 9.17) is 0 Å². The Kier molecular flexibility index (Phi) is 34.8. The summed E-state index contributed by atoms with van der Waals surface area (Å²) in [6.07, 6.45) is -10.2. The molecule has 0 aromatic heterocycles. The highest BCUT2D eigenvalue weighted by Crippen LogP contribution is 2.17. The maximum absolute atomic E-state index is 10.9. The number of alkyl halides is 10. The van der Waals surface area contributed by atoms with Crippen molar-refractivity contribution in [2.24, 2.45) is 0 Å². The maximum atomic E-state index is 10.9. The van der Waals surface area contributed by atoms with Gasteiger partial charge in [-0.15, -0.1) is 17.6 Å². The Morgan fingerprint density at radius 1 is 0.781 bits per heavy atom. The van der Waals surface area contributed by atoms with Gasteiger partial charge in [-0.05, 0) is 4.53 Å². The van der Waals surface area contributed by atoms with Gasteiger partial charge in [0.25, 0.3) is 0 Å². The fraction of sp³-hybridized carbons (Fsp3) is 0.875. The predicted octanol–water partition coefficient (Wildman–Crippen LogP) is 6.10. The van der Waals surface area contributed by atoms with E-state index in [0.29, 0.717) is 26.2 Å². The molecule has 0 unspecified atom stereocenters. The number of carbonyl (C=O) groups excluding carboxylic acids is 2. The summed E-state index contributed by atoms with van der Waals surface area (Å²) < 4.78 is 110. The van der Waals surface area contributed by atoms with Crippen LogP contribution in [0, 0.1) is 0 Å². The summed E-state index contributed by atoms with van der Waals surface area (Å²) in [6.45, 7) is 3.81. The highest BCUT2D eigenvalue weighted by molar-refractivity contribution is 5.75. The van der Waals surface area contributed by atoms with E-state index in [1.165, 1.54) is 0 Å². The Labute approximate surface area is 180 Å². The van der Waals surface area contributed by atoms with Crippen LogP contribution < -0.4 is 0 Å². The van der Waals surface area contributed by atoms with E-state index >= 15 is 0 Å². The number of rotatable bonds is 1. The van der Waals surface area contributed by atoms with Crippen LogP contribution in [0.5, 0.6) is 0 Å². The minimum atomic E-state index is -5.50. The average Bonchev–Trinajstić information content (AvgIpc) is 2.61. The van der Waals surface area contributed by atoms with Crippen molar-refractivity contribution in [2.75, 3.05) is 40.0 Å². The second-order valence-corrected chi connectivity index (χ2v) is 4.73. The number of carbonyl (C=O) groups is 2. The second kappa shape index (κ2) is 25.4. The topological polar surface area (TPSA) is 49.9 Å². The highest BCUT2D eigenvalue weighted by atomic mass is 19.5. The summed E-state index contributed by atoms with van der Waals surface area (Å²) in [5.41, 5.74) is 0. The van der Waals surface area contributed by atoms with Crippen LogP contribution in [-0.4, -0.2) is 74.2 Å². The van der Waals surface area contributed by atoms with Gasteiger partial charge in [0.1, 0.15) is 0 Å². The maximum Gasteiger partial charge on any atom is 0.559 e. The van der Waals surface area contributed by atoms with E-state index in [1.807, 2.05) is 0 Å². The fourth-order valence-electron chi connectivity index (χ4n) is 1.34. The Morgan fingerprint density at radius 3 is 1.00 bits per heavy atom. The number of amides is 2. The Bertz CT molecular complexity index is 385. The van der Waals surface area contributed by atoms with Gasteiger partial charge in [-0.3, -0.25) is 9.59 Å². The third-order valence-electron chi connectivity index (χ3n) is 2.61. The van der Waals surface area contributed by atoms with Crippen LogP contribution in [0.3, 0.4) is 0 Å². The molecular weight excluding hydrogens is 477 g/mol. The summed E-state index contributed by atoms with van der Waals surface area (Å²) >= 11 is 0. The quantitative estimate of drug-likeness (QED) is 0.402. The fourth-order valence-corrected chi connectivity index (χ4v) is 1.34. The standard InChI is InChI=1S/C8H14N2O2.C3H5F3.CF4.CH2F2O.CH2F2.2CH4/c1-7(11)9-3-5-10(6-4-9)8(2)12;1-2-3(4,5)6;2-1(3,4)5;2-1-4-3;2-1-3;;/h3-6H2,1-2H3;2H2,1H3;;1H2;1H2;2*1H4. The Morgan fingerprint density at radius 2 is 0.938 bits per heavy atom. The molecule has 16 heteroatoms. The lowest BCUT2D eigenvalue weighted by atomic mass is 10.3. The lowest BCUT2D eigenvalue weighted by Gasteiger charge is -2.33. The first-order valence-corrected chi connectivity index (χ1v) is 7.75. The first kappa shape index (κ1) is 43.9. The predicted molar refractivity (Wildman–Crippen MR) is 96.7 cm³/mol. The number of halogens is 11. The van der Waals surface area contributed by atoms with Crippen molar-refractivity contribution in [3.63, 3.8) is 0 Å². The molecule has 2 amide bonds. The molecule has 0 radical (unpaired) electrons. The van der Waals surface area contributed by atoms with Crippen LogP contribution in [0.2, 0.25) is 0 Å². The zero-order chi connectivity index (χ0) is 25.0. The van der Waals surface area contributed by atoms with Gasteiger partial charge in [0.05, 0.1) is 0 Å². The van der Waals surface area contributed by atoms with Gasteiger partial charge in [-0.1, -0.05) is 21.8 Å². The summed E-state index contributed by atoms with van der Waals surface area (Å²) in [5.74, 6) is 0.191. The van der Waals surface area contributed by atoms with Crippen LogP contribution >= 0.6 is 0 Å². The number of hydrogen-bond donors (Lipinski definition) is 0. The summed E-state index contributed by atoms with van der Waals surface area (Å²) in [4.78, 5) is 27.7. The molecule has 1 heterocycles. The van der Waals surface area contributed by atoms with Crippen molar-refractivity contribution in [1.29, 1.82) is 0 Å². The monoisotopic (exact) mass is 508 g/mol. The second-order valence-electron chi connectivity index (χ2n) is 4.73. The van der Waals surface area contributed by atoms with E-state index in [1.54, 1.807) is 23.6 Å². The third-order valence-corrected chi connectivity index (χ3v) is 2.61. The molecule has 0 aromatic rings. The molecule has 0 aliphatic carbocycles. The minimum absolute atomic E-state index is 0. The molecule has 5 nitrogen and oxygen atoms in total. The lowest BCUT2D eigenvalue weighted by molar-refractivity contribution is -0.237. The minimum Gasteiger partial charge on any atom is -0.339 e. The van der Waals surface area contributed by atoms with Crippen molar-refractivity contribution in [3.8, 4) is 0 Å². The van der Waals surface area contributed by atoms with Crippen LogP contribution in [-0.2, 0) is 14.5 Å². The van der Waals surface area contributed by atoms with Crippen LogP contribution in [0.15, 0.2) is 0 Å². The largest absolute Gasteiger partial charge is 0.559 e. The first-order valence-electron chi connectivity index (χ1n) is 7.75. The molecule has 0 atom stereocenters. The van der Waals surface area contributed by atoms with Gasteiger partial charge in [0.2, 0.25) is 25.6 Å². The molecule has 1 aliphatic rings. The van der Waals surface area contributed by atoms with Crippen molar-refractivity contribution >= 4 is 11.8 Å². The van der Waals surface area contributed by atoms with E-state index in [0.717, 1.165) is 6.92 Å². The summed E-state index contributed by atoms with van der Waals surface area (Å²) in [6, 6.07) is 0. The molecule has 0 spiro atoms. The Balaban J connectivity index is -0.0000000726. The van der Waals surface area contributed by atoms with Gasteiger partial charge >= 0.3 is 12.6 Å². The highest BCUT2D eigenvalue weighted by Gasteiger charge is 2.24. The zero-order valence-corrected chi connectivity index (χ0v) is 16.2. The summed E-state index contributed by atoms with van der Waals surface area (Å²) in [7, 11) is 0. The average molecular weight is 508 g/mol. The van der Waals surface area contributed by atoms with Crippen molar-refractivity contribution in [2.45, 2.75) is 54.7 Å². The molecule has 0 bridgehead atoms. The van der Waals surface area contributed by atoms with Gasteiger partial charge < -0.3 is 9.80 Å². The van der Waals surface area contributed by atoms with Crippen molar-refractivity contribution in [3.05, 3.63) is 0 Å². The SMILES string of the molecule is C.C.CC(=O)N1CCN(C(C)=O)CC1.CCC(F)(F)F.FC(F)(F)F.FCF.FCOF. The van der Waals surface area contributed by atoms with Gasteiger partial charge in [0, 0.05) is 46.4 Å². The third kappa shape index (κ3) is 51.1. The molecule has 0 N–H and O–H groups in total. The van der Waals surface area contributed by atoms with E-state index in [2.05, 4.69) is 4.94 Å². The zero-order valence-electron chi connectivity index (χ0n) is 16.2. The van der Waals surface area contributed by atoms with Crippen LogP contribution in [0.25, 0.3) is 0 Å². The van der Waals surface area contributed by atoms with E-state index in [9.17, 15) is 58.0 Å². The molecule has 200 valence electrons. The van der Waals surface area contributed by atoms with Crippen molar-refractivity contribution < 1.29 is 63.0 Å². The number of nitrogens with zero attached hydrogens (tertiary/aromatic N) is 2. The summed E-state index contributed by atoms with van der Waals surface area (Å²) in [5, 5.41) is 0. The van der Waals surface area contributed by atoms with Crippen LogP contribution in [0.1, 0.15) is 42.0 Å². The van der Waals surface area contributed by atoms with Gasteiger partial charge in [-0.2, -0.15) is 18.1 Å². The molecule has 0 aromatic carbocycles. The van der Waals surface area contributed by atoms with Crippen molar-refractivity contribution in [1.82, 2.24) is 9.80 Å². The normalized spacial score (nSPS) is 12.3.